The molecule has 22 heteroatoms. The Balaban J connectivity index is -0.000000240. The molecule has 0 aliphatic carbocycles. The van der Waals surface area contributed by atoms with Gasteiger partial charge in [0.25, 0.3) is 0 Å². The molecule has 0 aliphatic heterocycles. The molecule has 0 heterocycles. The molecule has 0 saturated heterocycles. The van der Waals surface area contributed by atoms with E-state index in [0.29, 0.717) is 0 Å². The van der Waals surface area contributed by atoms with Crippen LogP contribution in [0.25, 0.3) is 0 Å². The molecule has 0 aromatic carbocycles. The molecule has 0 aromatic rings. The Bertz CT molecular complexity index is 812. The van der Waals surface area contributed by atoms with Gasteiger partial charge in [0.1, 0.15) is 0 Å². The Morgan fingerprint density at radius 3 is 0.475 bits per heavy atom. The van der Waals surface area contributed by atoms with E-state index < -0.39 is 109 Å². The largest absolute Gasteiger partial charge is 0.481 e. The van der Waals surface area contributed by atoms with E-state index >= 15 is 0 Å². The number of carboxylic acids is 9. The summed E-state index contributed by atoms with van der Waals surface area (Å²) in [5.41, 5.74) is -8.22. The third-order valence-corrected chi connectivity index (χ3v) is 3.86. The molecule has 12 N–H and O–H groups in total. The minimum atomic E-state index is -2.74. The van der Waals surface area contributed by atoms with Gasteiger partial charge in [0.05, 0.1) is 38.5 Å². The quantitative estimate of drug-likeness (QED) is 0.0771. The van der Waals surface area contributed by atoms with Gasteiger partial charge in [0.15, 0.2) is 16.8 Å². The van der Waals surface area contributed by atoms with Crippen molar-refractivity contribution in [3.8, 4) is 0 Å². The van der Waals surface area contributed by atoms with Crippen LogP contribution in [0.15, 0.2) is 0 Å². The predicted octanol–water partition coefficient (Wildman–Crippen LogP) is -3.75. The van der Waals surface area contributed by atoms with Crippen LogP contribution in [0.3, 0.4) is 0 Å². The number of aliphatic hydroxyl groups is 3. The average molecular weight is 632 g/mol. The first kappa shape index (κ1) is 42.7. The second-order valence-electron chi connectivity index (χ2n) is 7.43. The fourth-order valence-electron chi connectivity index (χ4n) is 2.14. The first-order valence-corrected chi connectivity index (χ1v) is 9.51. The molecule has 0 aromatic heterocycles. The molecule has 21 nitrogen and oxygen atoms in total. The fourth-order valence-corrected chi connectivity index (χ4v) is 2.14. The summed E-state index contributed by atoms with van der Waals surface area (Å²) in [6.45, 7) is 0. The van der Waals surface area contributed by atoms with Crippen LogP contribution in [0.2, 0.25) is 0 Å². The zero-order chi connectivity index (χ0) is 31.9. The van der Waals surface area contributed by atoms with E-state index in [-0.39, 0.29) is 17.1 Å². The monoisotopic (exact) mass is 632 g/mol. The van der Waals surface area contributed by atoms with E-state index in [4.69, 9.17) is 61.3 Å². The smallest absolute Gasteiger partial charge is 0.336 e. The Morgan fingerprint density at radius 1 is 0.325 bits per heavy atom. The van der Waals surface area contributed by atoms with Crippen LogP contribution in [0, 0.1) is 0 Å². The van der Waals surface area contributed by atoms with Gasteiger partial charge in [-0.15, -0.1) is 0 Å². The molecule has 230 valence electrons. The van der Waals surface area contributed by atoms with Crippen LogP contribution in [0.4, 0.5) is 0 Å². The zero-order valence-electron chi connectivity index (χ0n) is 19.6. The third-order valence-electron chi connectivity index (χ3n) is 3.86. The van der Waals surface area contributed by atoms with Gasteiger partial charge in [-0.2, -0.15) is 0 Å². The zero-order valence-corrected chi connectivity index (χ0v) is 20.7. The molecule has 0 bridgehead atoms. The maximum absolute atomic E-state index is 10.3. The van der Waals surface area contributed by atoms with Crippen molar-refractivity contribution in [3.63, 3.8) is 0 Å². The van der Waals surface area contributed by atoms with Crippen LogP contribution in [0.5, 0.6) is 0 Å². The molecule has 0 amide bonds. The molecule has 0 rings (SSSR count). The Hall–Kier alpha value is -4.37. The SMILES string of the molecule is O=C(O)CC(O)(CC(=O)O)C(=O)O.O=C(O)CC(O)(CC(=O)O)C(=O)O.O=C(O)CC(O)(CC(=O)O)C(=O)O.[Fe]. The standard InChI is InChI=1S/3C6H8O7.Fe/c3*7-3(8)1-6(13,5(11)12)2-4(9)10;/h3*13H,1-2H2,(H,7,8)(H,9,10)(H,11,12);. The number of hydrogen-bond donors (Lipinski definition) is 12. The van der Waals surface area contributed by atoms with E-state index in [9.17, 15) is 43.2 Å². The van der Waals surface area contributed by atoms with Gasteiger partial charge in [0, 0.05) is 17.1 Å². The topological polar surface area (TPSA) is 396 Å². The van der Waals surface area contributed by atoms with Crippen LogP contribution >= 0.6 is 0 Å². The number of aliphatic carboxylic acids is 9. The Labute approximate surface area is 231 Å². The minimum absolute atomic E-state index is 0. The fraction of sp³-hybridized carbons (Fsp3) is 0.500. The molecule has 0 saturated carbocycles. The van der Waals surface area contributed by atoms with E-state index in [2.05, 4.69) is 0 Å². The summed E-state index contributed by atoms with van der Waals surface area (Å²) in [5.74, 6) is -15.1. The van der Waals surface area contributed by atoms with Crippen molar-refractivity contribution >= 4 is 53.7 Å². The summed E-state index contributed by atoms with van der Waals surface area (Å²) in [5, 5.41) is 101. The molecule has 0 unspecified atom stereocenters. The minimum Gasteiger partial charge on any atom is -0.481 e. The maximum atomic E-state index is 10.3. The summed E-state index contributed by atoms with van der Waals surface area (Å²) in [4.78, 5) is 91.5. The van der Waals surface area contributed by atoms with Crippen LogP contribution in [-0.2, 0) is 60.2 Å². The van der Waals surface area contributed by atoms with E-state index in [1.807, 2.05) is 0 Å². The number of hydrogen-bond acceptors (Lipinski definition) is 12. The normalized spacial score (nSPS) is 10.6. The summed E-state index contributed by atoms with van der Waals surface area (Å²) in [6, 6.07) is 0. The Kier molecular flexibility index (Phi) is 19.2. The van der Waals surface area contributed by atoms with Gasteiger partial charge < -0.3 is 61.3 Å². The Morgan fingerprint density at radius 2 is 0.425 bits per heavy atom. The van der Waals surface area contributed by atoms with Crippen molar-refractivity contribution in [3.05, 3.63) is 0 Å². The number of carbonyl (C=O) groups is 9. The molecule has 0 spiro atoms. The van der Waals surface area contributed by atoms with E-state index in [1.54, 1.807) is 0 Å². The second-order valence-corrected chi connectivity index (χ2v) is 7.43. The average Bonchev–Trinajstić information content (AvgIpc) is 2.64. The van der Waals surface area contributed by atoms with Gasteiger partial charge >= 0.3 is 53.7 Å². The van der Waals surface area contributed by atoms with Gasteiger partial charge in [-0.25, -0.2) is 14.4 Å². The van der Waals surface area contributed by atoms with Gasteiger partial charge in [-0.1, -0.05) is 0 Å². The first-order chi connectivity index (χ1) is 17.3. The van der Waals surface area contributed by atoms with Crippen molar-refractivity contribution in [1.29, 1.82) is 0 Å². The van der Waals surface area contributed by atoms with E-state index in [0.717, 1.165) is 0 Å². The number of carboxylic acid groups (broad SMARTS) is 9. The molecule has 40 heavy (non-hydrogen) atoms. The van der Waals surface area contributed by atoms with Crippen LogP contribution < -0.4 is 0 Å². The predicted molar refractivity (Wildman–Crippen MR) is 111 cm³/mol. The molecule has 0 atom stereocenters. The van der Waals surface area contributed by atoms with Gasteiger partial charge in [-0.3, -0.25) is 28.8 Å². The summed E-state index contributed by atoms with van der Waals surface area (Å²) in [7, 11) is 0. The van der Waals surface area contributed by atoms with Crippen molar-refractivity contribution in [2.75, 3.05) is 0 Å². The maximum Gasteiger partial charge on any atom is 0.336 e. The molecular weight excluding hydrogens is 608 g/mol. The molecular formula is C18H24FeO21. The molecule has 0 radical (unpaired) electrons. The summed E-state index contributed by atoms with van der Waals surface area (Å²) in [6.07, 6.45) is -6.87. The second kappa shape index (κ2) is 18.0. The third kappa shape index (κ3) is 18.8. The van der Waals surface area contributed by atoms with Crippen LogP contribution in [0.1, 0.15) is 38.5 Å². The molecule has 0 fully saturated rings. The summed E-state index contributed by atoms with van der Waals surface area (Å²) >= 11 is 0. The van der Waals surface area contributed by atoms with Gasteiger partial charge in [0.2, 0.25) is 0 Å². The molecule has 0 aliphatic rings. The van der Waals surface area contributed by atoms with Gasteiger partial charge in [-0.05, 0) is 0 Å². The first-order valence-electron chi connectivity index (χ1n) is 9.51. The van der Waals surface area contributed by atoms with E-state index in [1.165, 1.54) is 0 Å². The van der Waals surface area contributed by atoms with Crippen molar-refractivity contribution < 1.29 is 121 Å². The summed E-state index contributed by atoms with van der Waals surface area (Å²) < 4.78 is 0. The van der Waals surface area contributed by atoms with Crippen molar-refractivity contribution in [1.82, 2.24) is 0 Å². The van der Waals surface area contributed by atoms with Crippen LogP contribution in [-0.4, -0.2) is 132 Å². The number of rotatable bonds is 15. The van der Waals surface area contributed by atoms with Crippen molar-refractivity contribution in [2.45, 2.75) is 55.3 Å². The van der Waals surface area contributed by atoms with Crippen molar-refractivity contribution in [2.24, 2.45) is 0 Å².